The summed E-state index contributed by atoms with van der Waals surface area (Å²) >= 11 is 3.40. The molecule has 3 rings (SSSR count). The van der Waals surface area contributed by atoms with Gasteiger partial charge in [-0.15, -0.1) is 0 Å². The van der Waals surface area contributed by atoms with Gasteiger partial charge in [0.15, 0.2) is 0 Å². The van der Waals surface area contributed by atoms with Gasteiger partial charge in [-0.05, 0) is 52.0 Å². The number of hydrogen-bond donors (Lipinski definition) is 1. The SMILES string of the molecule is NC1(Cc2ccc(Br)cn2)CCc2ccccc21. The van der Waals surface area contributed by atoms with Crippen LogP contribution in [0, 0.1) is 0 Å². The van der Waals surface area contributed by atoms with Crippen LogP contribution in [-0.4, -0.2) is 4.98 Å². The number of aryl methyl sites for hydroxylation is 1. The van der Waals surface area contributed by atoms with E-state index in [9.17, 15) is 0 Å². The Hall–Kier alpha value is -1.19. The van der Waals surface area contributed by atoms with Crippen molar-refractivity contribution in [1.29, 1.82) is 0 Å². The molecule has 0 radical (unpaired) electrons. The Morgan fingerprint density at radius 1 is 1.22 bits per heavy atom. The van der Waals surface area contributed by atoms with Crippen molar-refractivity contribution in [3.05, 3.63) is 63.9 Å². The second-order valence-corrected chi connectivity index (χ2v) is 5.87. The number of rotatable bonds is 2. The Kier molecular flexibility index (Phi) is 2.96. The van der Waals surface area contributed by atoms with E-state index in [1.165, 1.54) is 11.1 Å². The van der Waals surface area contributed by atoms with E-state index in [0.29, 0.717) is 0 Å². The molecule has 1 aromatic carbocycles. The molecule has 1 heterocycles. The fourth-order valence-electron chi connectivity index (χ4n) is 2.73. The third-order valence-corrected chi connectivity index (χ3v) is 4.15. The van der Waals surface area contributed by atoms with Crippen LogP contribution in [0.5, 0.6) is 0 Å². The first-order chi connectivity index (χ1) is 8.67. The van der Waals surface area contributed by atoms with Gasteiger partial charge in [0.05, 0.1) is 0 Å². The molecule has 1 aliphatic rings. The van der Waals surface area contributed by atoms with Gasteiger partial charge in [0.1, 0.15) is 0 Å². The van der Waals surface area contributed by atoms with Crippen molar-refractivity contribution in [2.45, 2.75) is 24.8 Å². The molecule has 1 atom stereocenters. The molecule has 92 valence electrons. The van der Waals surface area contributed by atoms with E-state index < -0.39 is 0 Å². The number of halogens is 1. The number of benzene rings is 1. The molecule has 0 amide bonds. The van der Waals surface area contributed by atoms with Crippen LogP contribution in [0.3, 0.4) is 0 Å². The van der Waals surface area contributed by atoms with E-state index in [4.69, 9.17) is 5.73 Å². The molecule has 1 unspecified atom stereocenters. The lowest BCUT2D eigenvalue weighted by atomic mass is 9.88. The maximum absolute atomic E-state index is 6.59. The fourth-order valence-corrected chi connectivity index (χ4v) is 2.97. The Morgan fingerprint density at radius 2 is 2.06 bits per heavy atom. The van der Waals surface area contributed by atoms with Gasteiger partial charge in [-0.25, -0.2) is 0 Å². The van der Waals surface area contributed by atoms with Crippen molar-refractivity contribution in [3.63, 3.8) is 0 Å². The van der Waals surface area contributed by atoms with Crippen LogP contribution >= 0.6 is 15.9 Å². The fraction of sp³-hybridized carbons (Fsp3) is 0.267. The lowest BCUT2D eigenvalue weighted by molar-refractivity contribution is 0.434. The van der Waals surface area contributed by atoms with Crippen LogP contribution in [-0.2, 0) is 18.4 Å². The minimum atomic E-state index is -0.253. The van der Waals surface area contributed by atoms with Crippen LogP contribution in [0.2, 0.25) is 0 Å². The van der Waals surface area contributed by atoms with Gasteiger partial charge in [0.25, 0.3) is 0 Å². The minimum absolute atomic E-state index is 0.253. The summed E-state index contributed by atoms with van der Waals surface area (Å²) in [5.41, 5.74) is 10.1. The first kappa shape index (κ1) is 11.9. The predicted octanol–water partition coefficient (Wildman–Crippen LogP) is 3.19. The molecule has 0 spiro atoms. The molecule has 2 aromatic rings. The molecule has 18 heavy (non-hydrogen) atoms. The molecule has 1 aromatic heterocycles. The molecule has 2 N–H and O–H groups in total. The van der Waals surface area contributed by atoms with Gasteiger partial charge in [-0.3, -0.25) is 4.98 Å². The first-order valence-corrected chi connectivity index (χ1v) is 6.94. The quantitative estimate of drug-likeness (QED) is 0.925. The number of fused-ring (bicyclic) bond motifs is 1. The molecule has 0 saturated heterocycles. The summed E-state index contributed by atoms with van der Waals surface area (Å²) in [6.07, 6.45) is 4.71. The van der Waals surface area contributed by atoms with Gasteiger partial charge in [0, 0.05) is 28.3 Å². The van der Waals surface area contributed by atoms with Gasteiger partial charge in [-0.1, -0.05) is 24.3 Å². The first-order valence-electron chi connectivity index (χ1n) is 6.15. The van der Waals surface area contributed by atoms with Gasteiger partial charge >= 0.3 is 0 Å². The second kappa shape index (κ2) is 4.48. The van der Waals surface area contributed by atoms with E-state index in [2.05, 4.69) is 45.2 Å². The highest BCUT2D eigenvalue weighted by Gasteiger charge is 2.34. The number of nitrogens with two attached hydrogens (primary N) is 1. The summed E-state index contributed by atoms with van der Waals surface area (Å²) in [6.45, 7) is 0. The Bertz CT molecular complexity index is 565. The number of hydrogen-bond acceptors (Lipinski definition) is 2. The number of pyridine rings is 1. The largest absolute Gasteiger partial charge is 0.321 e. The molecule has 3 heteroatoms. The zero-order valence-electron chi connectivity index (χ0n) is 10.1. The third kappa shape index (κ3) is 2.08. The third-order valence-electron chi connectivity index (χ3n) is 3.68. The zero-order valence-corrected chi connectivity index (χ0v) is 11.7. The van der Waals surface area contributed by atoms with Crippen molar-refractivity contribution >= 4 is 15.9 Å². The van der Waals surface area contributed by atoms with Crippen LogP contribution in [0.25, 0.3) is 0 Å². The van der Waals surface area contributed by atoms with Crippen LogP contribution in [0.15, 0.2) is 47.1 Å². The normalized spacial score (nSPS) is 21.9. The smallest absolute Gasteiger partial charge is 0.0471 e. The van der Waals surface area contributed by atoms with Crippen LogP contribution in [0.1, 0.15) is 23.2 Å². The molecular weight excluding hydrogens is 288 g/mol. The second-order valence-electron chi connectivity index (χ2n) is 4.96. The van der Waals surface area contributed by atoms with E-state index >= 15 is 0 Å². The average molecular weight is 303 g/mol. The molecule has 0 saturated carbocycles. The highest BCUT2D eigenvalue weighted by atomic mass is 79.9. The molecule has 0 fully saturated rings. The average Bonchev–Trinajstić information content (AvgIpc) is 2.71. The maximum atomic E-state index is 6.59. The van der Waals surface area contributed by atoms with Crippen LogP contribution in [0.4, 0.5) is 0 Å². The summed E-state index contributed by atoms with van der Waals surface area (Å²) in [4.78, 5) is 4.43. The summed E-state index contributed by atoms with van der Waals surface area (Å²) in [5, 5.41) is 0. The molecule has 2 nitrogen and oxygen atoms in total. The van der Waals surface area contributed by atoms with E-state index in [0.717, 1.165) is 29.4 Å². The van der Waals surface area contributed by atoms with Gasteiger partial charge in [0.2, 0.25) is 0 Å². The van der Waals surface area contributed by atoms with Crippen LogP contribution < -0.4 is 5.73 Å². The zero-order chi connectivity index (χ0) is 12.6. The lowest BCUT2D eigenvalue weighted by Crippen LogP contribution is -2.36. The Morgan fingerprint density at radius 3 is 2.83 bits per heavy atom. The van der Waals surface area contributed by atoms with Crippen molar-refractivity contribution in [1.82, 2.24) is 4.98 Å². The molecule has 0 bridgehead atoms. The number of aromatic nitrogens is 1. The molecular formula is C15H15BrN2. The minimum Gasteiger partial charge on any atom is -0.321 e. The topological polar surface area (TPSA) is 38.9 Å². The van der Waals surface area contributed by atoms with E-state index in [-0.39, 0.29) is 5.54 Å². The van der Waals surface area contributed by atoms with Crippen molar-refractivity contribution in [2.24, 2.45) is 5.73 Å². The summed E-state index contributed by atoms with van der Waals surface area (Å²) in [5.74, 6) is 0. The molecule has 1 aliphatic carbocycles. The standard InChI is InChI=1S/C15H15BrN2/c16-12-5-6-13(18-10-12)9-15(17)8-7-11-3-1-2-4-14(11)15/h1-6,10H,7-9,17H2. The van der Waals surface area contributed by atoms with E-state index in [1.807, 2.05) is 18.3 Å². The number of nitrogens with zero attached hydrogens (tertiary/aromatic N) is 1. The predicted molar refractivity (Wildman–Crippen MR) is 76.3 cm³/mol. The molecule has 0 aliphatic heterocycles. The highest BCUT2D eigenvalue weighted by Crippen LogP contribution is 2.36. The van der Waals surface area contributed by atoms with Gasteiger partial charge in [-0.2, -0.15) is 0 Å². The Balaban J connectivity index is 1.91. The summed E-state index contributed by atoms with van der Waals surface area (Å²) < 4.78 is 1.00. The van der Waals surface area contributed by atoms with Gasteiger partial charge < -0.3 is 5.73 Å². The lowest BCUT2D eigenvalue weighted by Gasteiger charge is -2.25. The van der Waals surface area contributed by atoms with Crippen molar-refractivity contribution in [3.8, 4) is 0 Å². The van der Waals surface area contributed by atoms with E-state index in [1.54, 1.807) is 0 Å². The Labute approximate surface area is 115 Å². The van der Waals surface area contributed by atoms with Crippen molar-refractivity contribution < 1.29 is 0 Å². The maximum Gasteiger partial charge on any atom is 0.0471 e. The summed E-state index contributed by atoms with van der Waals surface area (Å²) in [6, 6.07) is 12.6. The monoisotopic (exact) mass is 302 g/mol. The summed E-state index contributed by atoms with van der Waals surface area (Å²) in [7, 11) is 0. The highest BCUT2D eigenvalue weighted by molar-refractivity contribution is 9.10. The van der Waals surface area contributed by atoms with Crippen molar-refractivity contribution in [2.75, 3.05) is 0 Å².